The van der Waals surface area contributed by atoms with Gasteiger partial charge in [0, 0.05) is 17.9 Å². The molecule has 0 amide bonds. The maximum absolute atomic E-state index is 10.8. The Labute approximate surface area is 441 Å². The van der Waals surface area contributed by atoms with Crippen LogP contribution in [-0.4, -0.2) is 76.3 Å². The number of hydrogen-bond acceptors (Lipinski definition) is 4. The van der Waals surface area contributed by atoms with Crippen LogP contribution in [0.25, 0.3) is 0 Å². The summed E-state index contributed by atoms with van der Waals surface area (Å²) in [6.45, 7) is 9.52. The minimum absolute atomic E-state index is 0.516. The zero-order chi connectivity index (χ0) is 52.5. The van der Waals surface area contributed by atoms with Gasteiger partial charge in [-0.1, -0.05) is 296 Å². The van der Waals surface area contributed by atoms with Crippen molar-refractivity contribution in [3.63, 3.8) is 0 Å². The summed E-state index contributed by atoms with van der Waals surface area (Å²) in [5.41, 5.74) is 0. The van der Waals surface area contributed by atoms with Crippen LogP contribution in [-0.2, 0) is 9.59 Å². The van der Waals surface area contributed by atoms with E-state index < -0.39 is 24.3 Å². The maximum Gasteiger partial charge on any atom is 0.0780 e. The number of allylic oxidation sites excluding steroid dienone is 1. The lowest BCUT2D eigenvalue weighted by molar-refractivity contribution is -0.870. The van der Waals surface area contributed by atoms with Gasteiger partial charge in [-0.2, -0.15) is 0 Å². The van der Waals surface area contributed by atoms with Gasteiger partial charge in [-0.05, 0) is 44.9 Å². The number of unbranched alkanes of at least 4 members (excludes halogenated alkanes) is 44. The zero-order valence-electron chi connectivity index (χ0n) is 49.6. The first kappa shape index (κ1) is 72.8. The number of hydrogen-bond donors (Lipinski definition) is 0. The third kappa shape index (κ3) is 73.1. The van der Waals surface area contributed by atoms with E-state index in [-0.39, 0.29) is 0 Å². The molecule has 0 aromatic heterocycles. The lowest BCUT2D eigenvalue weighted by atomic mass is 10.0. The molecule has 0 heterocycles. The van der Waals surface area contributed by atoms with Crippen LogP contribution in [0.1, 0.15) is 329 Å². The molecule has 0 N–H and O–H groups in total. The lowest BCUT2D eigenvalue weighted by Gasteiger charge is -2.23. The first-order valence-electron chi connectivity index (χ1n) is 31.4. The molecule has 0 rings (SSSR count). The molecule has 420 valence electrons. The van der Waals surface area contributed by atoms with Gasteiger partial charge in [0.2, 0.25) is 0 Å². The van der Waals surface area contributed by atoms with Crippen LogP contribution in [0.2, 0.25) is 0 Å². The summed E-state index contributed by atoms with van der Waals surface area (Å²) in [6, 6.07) is 0. The lowest BCUT2D eigenvalue weighted by Crippen LogP contribution is -2.35. The fraction of sp³-hybridized carbons (Fsp3) is 0.938. The van der Waals surface area contributed by atoms with Gasteiger partial charge in [-0.15, -0.1) is 0 Å². The molecule has 0 aliphatic heterocycles. The smallest absolute Gasteiger partial charge is 0.0780 e. The highest BCUT2D eigenvalue weighted by Crippen LogP contribution is 2.17. The summed E-state index contributed by atoms with van der Waals surface area (Å²) in [6.07, 6.45) is 68.3. The highest BCUT2D eigenvalue weighted by Gasteiger charge is 2.07. The Morgan fingerprint density at radius 3 is 0.714 bits per heavy atom. The second-order valence-corrected chi connectivity index (χ2v) is 23.9. The van der Waals surface area contributed by atoms with E-state index in [2.05, 4.69) is 63.1 Å². The van der Waals surface area contributed by atoms with Gasteiger partial charge >= 0.3 is 0 Å². The highest BCUT2D eigenvalue weighted by molar-refractivity contribution is 5.77. The molecule has 0 radical (unpaired) electrons. The average Bonchev–Trinajstić information content (AvgIpc) is 3.30. The predicted molar refractivity (Wildman–Crippen MR) is 307 cm³/mol. The Kier molecular flexibility index (Phi) is 60.9. The summed E-state index contributed by atoms with van der Waals surface area (Å²) in [5, 5.41) is 21.3. The third-order valence-electron chi connectivity index (χ3n) is 14.1. The first-order valence-corrected chi connectivity index (χ1v) is 31.4. The van der Waals surface area contributed by atoms with Crippen molar-refractivity contribution in [1.29, 1.82) is 0 Å². The van der Waals surface area contributed by atoms with Gasteiger partial charge in [-0.25, -0.2) is 0 Å². The molecule has 6 heteroatoms. The molecule has 6 nitrogen and oxygen atoms in total. The highest BCUT2D eigenvalue weighted by atomic mass is 16.4. The van der Waals surface area contributed by atoms with Crippen molar-refractivity contribution in [2.45, 2.75) is 329 Å². The third-order valence-corrected chi connectivity index (χ3v) is 14.1. The SMILES string of the molecule is CCCCCCCCCCCCCCCCCCCCC=CC(CC(=O)[O-])C(=O)[O-].CCCCCCCCCCCCCCCC[N+](C)(C)C.CCCCCCCCCCCCCCCC[N+](C)(C)C. The Hall–Kier alpha value is -1.40. The minimum Gasteiger partial charge on any atom is -0.550 e. The molecule has 0 saturated heterocycles. The van der Waals surface area contributed by atoms with E-state index in [1.165, 1.54) is 302 Å². The number of carbonyl (C=O) groups excluding carboxylic acids is 2. The summed E-state index contributed by atoms with van der Waals surface area (Å²) in [5.74, 6) is -3.79. The number of carboxylic acids is 2. The van der Waals surface area contributed by atoms with Crippen molar-refractivity contribution in [3.8, 4) is 0 Å². The molecular weight excluding hydrogens is 861 g/mol. The van der Waals surface area contributed by atoms with Crippen molar-refractivity contribution < 1.29 is 28.8 Å². The second kappa shape index (κ2) is 58.5. The van der Waals surface area contributed by atoms with Crippen LogP contribution in [0, 0.1) is 5.92 Å². The van der Waals surface area contributed by atoms with E-state index >= 15 is 0 Å². The Morgan fingerprint density at radius 2 is 0.529 bits per heavy atom. The second-order valence-electron chi connectivity index (χ2n) is 23.9. The normalized spacial score (nSPS) is 12.2. The average molecular weight is 992 g/mol. The molecule has 70 heavy (non-hydrogen) atoms. The summed E-state index contributed by atoms with van der Waals surface area (Å²) in [7, 11) is 13.8. The number of nitrogens with zero attached hydrogens (tertiary/aromatic N) is 2. The quantitative estimate of drug-likeness (QED) is 0.0345. The molecular formula is C64H130N2O4. The zero-order valence-corrected chi connectivity index (χ0v) is 49.6. The van der Waals surface area contributed by atoms with Gasteiger partial charge in [0.25, 0.3) is 0 Å². The van der Waals surface area contributed by atoms with Gasteiger partial charge in [0.1, 0.15) is 0 Å². The van der Waals surface area contributed by atoms with Crippen LogP contribution in [0.4, 0.5) is 0 Å². The van der Waals surface area contributed by atoms with E-state index in [0.717, 1.165) is 28.2 Å². The fourth-order valence-corrected chi connectivity index (χ4v) is 9.40. The van der Waals surface area contributed by atoms with Crippen LogP contribution in [0.5, 0.6) is 0 Å². The van der Waals surface area contributed by atoms with Crippen LogP contribution < -0.4 is 10.2 Å². The van der Waals surface area contributed by atoms with Gasteiger partial charge in [0.15, 0.2) is 0 Å². The van der Waals surface area contributed by atoms with E-state index in [1.807, 2.05) is 0 Å². The van der Waals surface area contributed by atoms with Crippen molar-refractivity contribution in [2.75, 3.05) is 55.4 Å². The molecule has 0 spiro atoms. The number of aliphatic carboxylic acids is 2. The van der Waals surface area contributed by atoms with E-state index in [9.17, 15) is 19.8 Å². The largest absolute Gasteiger partial charge is 0.550 e. The molecule has 1 atom stereocenters. The van der Waals surface area contributed by atoms with Crippen LogP contribution in [0.15, 0.2) is 12.2 Å². The standard InChI is InChI=1S/C26H48O4.2C19H42N/c1-2-3-4-5-6-7-8-9-10-11-12-13-14-15-16-17-18-19-20-21-22-24(26(29)30)23-25(27)28;2*1-5-6-7-8-9-10-11-12-13-14-15-16-17-18-19-20(2,3)4/h21-22,24H,2-20,23H2,1H3,(H,27,28)(H,29,30);2*5-19H2,1-4H3/q;2*+1/p-2. The molecule has 0 aliphatic carbocycles. The summed E-state index contributed by atoms with van der Waals surface area (Å²) < 4.78 is 2.25. The summed E-state index contributed by atoms with van der Waals surface area (Å²) in [4.78, 5) is 21.3. The monoisotopic (exact) mass is 991 g/mol. The minimum atomic E-state index is -1.36. The molecule has 0 saturated carbocycles. The van der Waals surface area contributed by atoms with Crippen LogP contribution >= 0.6 is 0 Å². The van der Waals surface area contributed by atoms with Gasteiger partial charge in [-0.3, -0.25) is 0 Å². The Morgan fingerprint density at radius 1 is 0.329 bits per heavy atom. The number of carbonyl (C=O) groups is 2. The van der Waals surface area contributed by atoms with Crippen molar-refractivity contribution >= 4 is 11.9 Å². The summed E-state index contributed by atoms with van der Waals surface area (Å²) >= 11 is 0. The maximum atomic E-state index is 10.8. The van der Waals surface area contributed by atoms with Gasteiger partial charge < -0.3 is 28.8 Å². The molecule has 0 aromatic carbocycles. The van der Waals surface area contributed by atoms with Crippen molar-refractivity contribution in [2.24, 2.45) is 5.92 Å². The van der Waals surface area contributed by atoms with Gasteiger partial charge in [0.05, 0.1) is 55.4 Å². The van der Waals surface area contributed by atoms with E-state index in [1.54, 1.807) is 6.08 Å². The molecule has 0 fully saturated rings. The molecule has 0 aromatic rings. The molecule has 0 bridgehead atoms. The number of rotatable bonds is 53. The number of carboxylic acid groups (broad SMARTS) is 2. The van der Waals surface area contributed by atoms with Crippen LogP contribution in [0.3, 0.4) is 0 Å². The Balaban J connectivity index is -0.000000995. The predicted octanol–water partition coefficient (Wildman–Crippen LogP) is 17.8. The Bertz CT molecular complexity index is 1000. The van der Waals surface area contributed by atoms with Crippen molar-refractivity contribution in [3.05, 3.63) is 12.2 Å². The van der Waals surface area contributed by atoms with E-state index in [4.69, 9.17) is 0 Å². The van der Waals surface area contributed by atoms with E-state index in [0.29, 0.717) is 0 Å². The fourth-order valence-electron chi connectivity index (χ4n) is 9.40. The molecule has 0 aliphatic rings. The topological polar surface area (TPSA) is 80.3 Å². The molecule has 1 unspecified atom stereocenters. The first-order chi connectivity index (χ1) is 33.7. The number of quaternary nitrogens is 2. The van der Waals surface area contributed by atoms with Crippen molar-refractivity contribution in [1.82, 2.24) is 0 Å².